The first kappa shape index (κ1) is 9.19. The van der Waals surface area contributed by atoms with E-state index >= 15 is 0 Å². The summed E-state index contributed by atoms with van der Waals surface area (Å²) in [4.78, 5) is 2.24. The molecule has 0 atom stereocenters. The Morgan fingerprint density at radius 3 is 2.40 bits per heavy atom. The van der Waals surface area contributed by atoms with Crippen molar-refractivity contribution in [2.75, 3.05) is 19.6 Å². The molecule has 0 radical (unpaired) electrons. The fraction of sp³-hybridized carbons (Fsp3) is 0.625. The molecule has 0 aromatic rings. The summed E-state index contributed by atoms with van der Waals surface area (Å²) in [5, 5.41) is 8.17. The van der Waals surface area contributed by atoms with Crippen LogP contribution in [0, 0.1) is 11.3 Å². The Balaban J connectivity index is 3.46. The summed E-state index contributed by atoms with van der Waals surface area (Å²) in [7, 11) is 0. The number of hydrogen-bond acceptors (Lipinski definition) is 2. The largest absolute Gasteiger partial charge is 0.300 e. The van der Waals surface area contributed by atoms with Crippen molar-refractivity contribution < 1.29 is 0 Å². The normalized spacial score (nSPS) is 10.6. The van der Waals surface area contributed by atoms with E-state index in [9.17, 15) is 0 Å². The first-order valence-corrected chi connectivity index (χ1v) is 3.62. The van der Waals surface area contributed by atoms with Gasteiger partial charge in [-0.3, -0.25) is 0 Å². The molecule has 0 saturated carbocycles. The van der Waals surface area contributed by atoms with Crippen LogP contribution in [-0.2, 0) is 0 Å². The Hall–Kier alpha value is -0.810. The fourth-order valence-corrected chi connectivity index (χ4v) is 0.736. The van der Waals surface area contributed by atoms with Gasteiger partial charge in [-0.15, -0.1) is 0 Å². The van der Waals surface area contributed by atoms with E-state index in [1.54, 1.807) is 0 Å². The highest BCUT2D eigenvalue weighted by atomic mass is 15.1. The number of nitrogens with zero attached hydrogens (tertiary/aromatic N) is 2. The molecule has 2 nitrogen and oxygen atoms in total. The second-order valence-corrected chi connectivity index (χ2v) is 2.02. The molecule has 0 N–H and O–H groups in total. The number of nitriles is 1. The van der Waals surface area contributed by atoms with Crippen LogP contribution in [0.5, 0.6) is 0 Å². The van der Waals surface area contributed by atoms with Crippen LogP contribution in [0.1, 0.15) is 13.8 Å². The zero-order valence-electron chi connectivity index (χ0n) is 6.67. The van der Waals surface area contributed by atoms with Crippen molar-refractivity contribution in [2.45, 2.75) is 13.8 Å². The van der Waals surface area contributed by atoms with Gasteiger partial charge in [-0.05, 0) is 13.1 Å². The molecule has 0 aromatic carbocycles. The fourth-order valence-electron chi connectivity index (χ4n) is 0.736. The molecule has 0 fully saturated rings. The van der Waals surface area contributed by atoms with E-state index in [1.807, 2.05) is 12.1 Å². The number of hydrogen-bond donors (Lipinski definition) is 0. The average molecular weight is 138 g/mol. The average Bonchev–Trinajstić information content (AvgIpc) is 1.99. The molecule has 0 saturated heterocycles. The third-order valence-electron chi connectivity index (χ3n) is 1.45. The molecular weight excluding hydrogens is 124 g/mol. The maximum Gasteiger partial charge on any atom is 0.0909 e. The Labute approximate surface area is 62.8 Å². The first-order chi connectivity index (χ1) is 4.85. The second kappa shape index (κ2) is 6.31. The van der Waals surface area contributed by atoms with Crippen LogP contribution in [-0.4, -0.2) is 24.5 Å². The zero-order chi connectivity index (χ0) is 7.82. The smallest absolute Gasteiger partial charge is 0.0909 e. The van der Waals surface area contributed by atoms with Crippen molar-refractivity contribution in [3.05, 3.63) is 12.2 Å². The Bertz CT molecular complexity index is 129. The van der Waals surface area contributed by atoms with Crippen molar-refractivity contribution in [3.63, 3.8) is 0 Å². The Morgan fingerprint density at radius 2 is 2.00 bits per heavy atom. The van der Waals surface area contributed by atoms with Crippen molar-refractivity contribution in [1.82, 2.24) is 4.90 Å². The molecule has 0 aliphatic carbocycles. The second-order valence-electron chi connectivity index (χ2n) is 2.02. The standard InChI is InChI=1S/C8H14N2/c1-3-10(4-2)8-6-5-7-9/h5-6H,3-4,8H2,1-2H3/b6-5+. The molecule has 0 bridgehead atoms. The Kier molecular flexibility index (Phi) is 5.80. The highest BCUT2D eigenvalue weighted by molar-refractivity contribution is 5.02. The van der Waals surface area contributed by atoms with Crippen LogP contribution in [0.15, 0.2) is 12.2 Å². The van der Waals surface area contributed by atoms with E-state index in [0.29, 0.717) is 0 Å². The van der Waals surface area contributed by atoms with Gasteiger partial charge >= 0.3 is 0 Å². The SMILES string of the molecule is CCN(CC)C/C=C/C#N. The lowest BCUT2D eigenvalue weighted by Gasteiger charge is -2.14. The van der Waals surface area contributed by atoms with Gasteiger partial charge in [0, 0.05) is 12.6 Å². The molecule has 0 aliphatic rings. The molecule has 56 valence electrons. The van der Waals surface area contributed by atoms with Crippen LogP contribution in [0.25, 0.3) is 0 Å². The lowest BCUT2D eigenvalue weighted by Crippen LogP contribution is -2.22. The number of allylic oxidation sites excluding steroid dienone is 1. The molecule has 0 aliphatic heterocycles. The number of rotatable bonds is 4. The highest BCUT2D eigenvalue weighted by Gasteiger charge is 1.92. The maximum absolute atomic E-state index is 8.17. The van der Waals surface area contributed by atoms with Gasteiger partial charge in [0.15, 0.2) is 0 Å². The van der Waals surface area contributed by atoms with Crippen molar-refractivity contribution in [1.29, 1.82) is 5.26 Å². The third kappa shape index (κ3) is 4.11. The lowest BCUT2D eigenvalue weighted by molar-refractivity contribution is 0.337. The van der Waals surface area contributed by atoms with Crippen LogP contribution in [0.3, 0.4) is 0 Å². The van der Waals surface area contributed by atoms with Gasteiger partial charge in [-0.25, -0.2) is 0 Å². The first-order valence-electron chi connectivity index (χ1n) is 3.62. The topological polar surface area (TPSA) is 27.0 Å². The predicted molar refractivity (Wildman–Crippen MR) is 42.5 cm³/mol. The maximum atomic E-state index is 8.17. The summed E-state index contributed by atoms with van der Waals surface area (Å²) in [6.07, 6.45) is 3.41. The Morgan fingerprint density at radius 1 is 1.40 bits per heavy atom. The minimum absolute atomic E-state index is 0.889. The van der Waals surface area contributed by atoms with Crippen LogP contribution >= 0.6 is 0 Å². The number of likely N-dealkylation sites (N-methyl/N-ethyl adjacent to an activating group) is 1. The molecule has 2 heteroatoms. The van der Waals surface area contributed by atoms with E-state index in [1.165, 1.54) is 6.08 Å². The van der Waals surface area contributed by atoms with E-state index in [4.69, 9.17) is 5.26 Å². The summed E-state index contributed by atoms with van der Waals surface area (Å²) in [5.74, 6) is 0. The highest BCUT2D eigenvalue weighted by Crippen LogP contribution is 1.85. The molecule has 0 amide bonds. The van der Waals surface area contributed by atoms with Gasteiger partial charge in [-0.1, -0.05) is 19.9 Å². The van der Waals surface area contributed by atoms with E-state index in [0.717, 1.165) is 19.6 Å². The van der Waals surface area contributed by atoms with Crippen LogP contribution in [0.4, 0.5) is 0 Å². The summed E-state index contributed by atoms with van der Waals surface area (Å²) in [6, 6.07) is 1.96. The van der Waals surface area contributed by atoms with Crippen molar-refractivity contribution in [3.8, 4) is 6.07 Å². The monoisotopic (exact) mass is 138 g/mol. The van der Waals surface area contributed by atoms with Gasteiger partial charge < -0.3 is 4.90 Å². The minimum atomic E-state index is 0.889. The third-order valence-corrected chi connectivity index (χ3v) is 1.45. The summed E-state index contributed by atoms with van der Waals surface area (Å²) in [6.45, 7) is 7.21. The van der Waals surface area contributed by atoms with Crippen molar-refractivity contribution >= 4 is 0 Å². The summed E-state index contributed by atoms with van der Waals surface area (Å²) in [5.41, 5.74) is 0. The van der Waals surface area contributed by atoms with Gasteiger partial charge in [-0.2, -0.15) is 5.26 Å². The van der Waals surface area contributed by atoms with E-state index in [2.05, 4.69) is 18.7 Å². The van der Waals surface area contributed by atoms with Gasteiger partial charge in [0.2, 0.25) is 0 Å². The van der Waals surface area contributed by atoms with Gasteiger partial charge in [0.1, 0.15) is 0 Å². The molecule has 0 heterocycles. The molecule has 10 heavy (non-hydrogen) atoms. The zero-order valence-corrected chi connectivity index (χ0v) is 6.67. The minimum Gasteiger partial charge on any atom is -0.300 e. The molecule has 0 unspecified atom stereocenters. The van der Waals surface area contributed by atoms with Crippen LogP contribution < -0.4 is 0 Å². The molecule has 0 spiro atoms. The van der Waals surface area contributed by atoms with Gasteiger partial charge in [0.25, 0.3) is 0 Å². The summed E-state index contributed by atoms with van der Waals surface area (Å²) >= 11 is 0. The predicted octanol–water partition coefficient (Wildman–Crippen LogP) is 1.41. The van der Waals surface area contributed by atoms with Crippen molar-refractivity contribution in [2.24, 2.45) is 0 Å². The van der Waals surface area contributed by atoms with Crippen LogP contribution in [0.2, 0.25) is 0 Å². The quantitative estimate of drug-likeness (QED) is 0.549. The van der Waals surface area contributed by atoms with Gasteiger partial charge in [0.05, 0.1) is 6.07 Å². The van der Waals surface area contributed by atoms with E-state index < -0.39 is 0 Å². The molecule has 0 aromatic heterocycles. The lowest BCUT2D eigenvalue weighted by atomic mass is 10.4. The van der Waals surface area contributed by atoms with E-state index in [-0.39, 0.29) is 0 Å². The summed E-state index contributed by atoms with van der Waals surface area (Å²) < 4.78 is 0. The molecular formula is C8H14N2. The molecule has 0 rings (SSSR count).